The smallest absolute Gasteiger partial charge is 0.227 e. The molecule has 8 atom stereocenters. The third-order valence-electron chi connectivity index (χ3n) is 12.6. The van der Waals surface area contributed by atoms with E-state index >= 15 is 0 Å². The van der Waals surface area contributed by atoms with Crippen molar-refractivity contribution >= 4 is 11.6 Å². The molecule has 3 heteroatoms. The van der Waals surface area contributed by atoms with Gasteiger partial charge in [0.1, 0.15) is 5.75 Å². The fourth-order valence-electron chi connectivity index (χ4n) is 10.7. The largest absolute Gasteiger partial charge is 0.497 e. The summed E-state index contributed by atoms with van der Waals surface area (Å²) in [5.74, 6) is 6.47. The van der Waals surface area contributed by atoms with Crippen LogP contribution in [-0.4, -0.2) is 19.6 Å². The van der Waals surface area contributed by atoms with Gasteiger partial charge >= 0.3 is 0 Å². The van der Waals surface area contributed by atoms with E-state index in [1.807, 2.05) is 17.0 Å². The molecule has 4 saturated carbocycles. The van der Waals surface area contributed by atoms with Crippen molar-refractivity contribution < 1.29 is 9.53 Å². The molecule has 6 rings (SSSR count). The SMILES string of the molecule is COc1ccc2c(c1)N(C(=O)CC[C@@H](C)C1CCC3C4CCC5CCCCC5(C)C4CCC31C)CC2. The number of hydrogen-bond acceptors (Lipinski definition) is 2. The number of benzene rings is 1. The highest BCUT2D eigenvalue weighted by molar-refractivity contribution is 5.95. The minimum absolute atomic E-state index is 0.306. The maximum Gasteiger partial charge on any atom is 0.227 e. The molecular weight excluding hydrogens is 442 g/mol. The Bertz CT molecular complexity index is 988. The summed E-state index contributed by atoms with van der Waals surface area (Å²) in [6.07, 6.45) is 17.4. The number of ether oxygens (including phenoxy) is 1. The van der Waals surface area contributed by atoms with E-state index in [0.29, 0.717) is 29.1 Å². The Hall–Kier alpha value is -1.51. The number of nitrogens with zero attached hydrogens (tertiary/aromatic N) is 1. The molecule has 3 nitrogen and oxygen atoms in total. The molecule has 4 fully saturated rings. The van der Waals surface area contributed by atoms with Crippen LogP contribution in [0.2, 0.25) is 0 Å². The number of carbonyl (C=O) groups excluding carboxylic acids is 1. The normalized spacial score (nSPS) is 40.1. The van der Waals surface area contributed by atoms with Crippen LogP contribution in [0.15, 0.2) is 18.2 Å². The summed E-state index contributed by atoms with van der Waals surface area (Å²) < 4.78 is 5.43. The van der Waals surface area contributed by atoms with Gasteiger partial charge in [0.15, 0.2) is 0 Å². The Balaban J connectivity index is 1.11. The lowest BCUT2D eigenvalue weighted by atomic mass is 9.44. The van der Waals surface area contributed by atoms with Gasteiger partial charge in [-0.05, 0) is 122 Å². The second kappa shape index (κ2) is 9.35. The summed E-state index contributed by atoms with van der Waals surface area (Å²) >= 11 is 0. The van der Waals surface area contributed by atoms with Gasteiger partial charge in [-0.15, -0.1) is 0 Å². The number of carbonyl (C=O) groups is 1. The van der Waals surface area contributed by atoms with Crippen molar-refractivity contribution in [3.63, 3.8) is 0 Å². The number of amides is 1. The van der Waals surface area contributed by atoms with Crippen molar-refractivity contribution in [3.8, 4) is 5.75 Å². The predicted molar refractivity (Wildman–Crippen MR) is 147 cm³/mol. The molecule has 0 bridgehead atoms. The molecule has 1 aromatic carbocycles. The molecule has 5 aliphatic rings. The van der Waals surface area contributed by atoms with E-state index in [4.69, 9.17) is 4.74 Å². The van der Waals surface area contributed by atoms with Crippen molar-refractivity contribution in [2.75, 3.05) is 18.6 Å². The number of methoxy groups -OCH3 is 1. The molecular formula is C33H49NO2. The van der Waals surface area contributed by atoms with Gasteiger partial charge in [0.2, 0.25) is 5.91 Å². The molecule has 0 aromatic heterocycles. The first-order chi connectivity index (χ1) is 17.3. The number of fused-ring (bicyclic) bond motifs is 6. The van der Waals surface area contributed by atoms with E-state index in [1.165, 1.54) is 69.8 Å². The van der Waals surface area contributed by atoms with Crippen LogP contribution < -0.4 is 9.64 Å². The Kier molecular flexibility index (Phi) is 6.44. The second-order valence-electron chi connectivity index (χ2n) is 13.9. The molecule has 0 N–H and O–H groups in total. The summed E-state index contributed by atoms with van der Waals surface area (Å²) in [6, 6.07) is 6.19. The lowest BCUT2D eigenvalue weighted by Crippen LogP contribution is -2.53. The van der Waals surface area contributed by atoms with Gasteiger partial charge in [-0.25, -0.2) is 0 Å². The van der Waals surface area contributed by atoms with Crippen LogP contribution in [0.4, 0.5) is 5.69 Å². The zero-order chi connectivity index (χ0) is 25.1. The Morgan fingerprint density at radius 2 is 1.86 bits per heavy atom. The highest BCUT2D eigenvalue weighted by Gasteiger charge is 2.60. The minimum Gasteiger partial charge on any atom is -0.497 e. The monoisotopic (exact) mass is 491 g/mol. The zero-order valence-corrected chi connectivity index (χ0v) is 23.4. The summed E-state index contributed by atoms with van der Waals surface area (Å²) in [4.78, 5) is 15.4. The summed E-state index contributed by atoms with van der Waals surface area (Å²) in [5.41, 5.74) is 3.48. The first-order valence-corrected chi connectivity index (χ1v) is 15.3. The predicted octanol–water partition coefficient (Wildman–Crippen LogP) is 8.05. The van der Waals surface area contributed by atoms with Gasteiger partial charge in [0.25, 0.3) is 0 Å². The van der Waals surface area contributed by atoms with Crippen molar-refractivity contribution in [1.82, 2.24) is 0 Å². The van der Waals surface area contributed by atoms with Crippen molar-refractivity contribution in [1.29, 1.82) is 0 Å². The topological polar surface area (TPSA) is 29.5 Å². The average molecular weight is 492 g/mol. The van der Waals surface area contributed by atoms with E-state index in [-0.39, 0.29) is 0 Å². The standard InChI is InChI=1S/C33H49NO2/c1-22(8-15-31(35)34-20-17-23-9-11-25(36-4)21-30(23)34)27-13-14-28-26-12-10-24-7-5-6-18-32(24,2)29(26)16-19-33(27,28)3/h9,11,21-22,24,26-29H,5-8,10,12-20H2,1-4H3/t22-,24?,26?,27?,28?,29?,32?,33?/m1/s1. The molecule has 4 aliphatic carbocycles. The summed E-state index contributed by atoms with van der Waals surface area (Å²) in [5, 5.41) is 0. The molecule has 1 aliphatic heterocycles. The average Bonchev–Trinajstić information content (AvgIpc) is 3.47. The van der Waals surface area contributed by atoms with Crippen molar-refractivity contribution in [3.05, 3.63) is 23.8 Å². The first-order valence-electron chi connectivity index (χ1n) is 15.3. The highest BCUT2D eigenvalue weighted by atomic mass is 16.5. The third kappa shape index (κ3) is 3.85. The number of hydrogen-bond donors (Lipinski definition) is 0. The molecule has 1 heterocycles. The van der Waals surface area contributed by atoms with Crippen LogP contribution in [0.25, 0.3) is 0 Å². The Morgan fingerprint density at radius 3 is 2.69 bits per heavy atom. The Morgan fingerprint density at radius 1 is 1.03 bits per heavy atom. The first kappa shape index (κ1) is 24.8. The van der Waals surface area contributed by atoms with Gasteiger partial charge in [0, 0.05) is 19.0 Å². The lowest BCUT2D eigenvalue weighted by molar-refractivity contribution is -0.120. The fourth-order valence-corrected chi connectivity index (χ4v) is 10.7. The molecule has 1 amide bonds. The van der Waals surface area contributed by atoms with Gasteiger partial charge < -0.3 is 9.64 Å². The summed E-state index contributed by atoms with van der Waals surface area (Å²) in [7, 11) is 1.70. The van der Waals surface area contributed by atoms with Crippen LogP contribution >= 0.6 is 0 Å². The zero-order valence-electron chi connectivity index (χ0n) is 23.4. The highest BCUT2D eigenvalue weighted by Crippen LogP contribution is 2.68. The minimum atomic E-state index is 0.306. The maximum atomic E-state index is 13.3. The van der Waals surface area contributed by atoms with Gasteiger partial charge in [-0.2, -0.15) is 0 Å². The second-order valence-corrected chi connectivity index (χ2v) is 13.9. The summed E-state index contributed by atoms with van der Waals surface area (Å²) in [6.45, 7) is 8.66. The van der Waals surface area contributed by atoms with Crippen LogP contribution in [0.5, 0.6) is 5.75 Å². The van der Waals surface area contributed by atoms with E-state index in [9.17, 15) is 4.79 Å². The Labute approximate surface area is 219 Å². The van der Waals surface area contributed by atoms with E-state index in [2.05, 4.69) is 26.8 Å². The van der Waals surface area contributed by atoms with Gasteiger partial charge in [-0.1, -0.05) is 39.7 Å². The van der Waals surface area contributed by atoms with Crippen molar-refractivity contribution in [2.24, 2.45) is 46.3 Å². The lowest BCUT2D eigenvalue weighted by Gasteiger charge is -2.61. The van der Waals surface area contributed by atoms with Crippen LogP contribution in [0, 0.1) is 46.3 Å². The molecule has 36 heavy (non-hydrogen) atoms. The molecule has 0 radical (unpaired) electrons. The van der Waals surface area contributed by atoms with Crippen LogP contribution in [0.3, 0.4) is 0 Å². The quantitative estimate of drug-likeness (QED) is 0.417. The fraction of sp³-hybridized carbons (Fsp3) is 0.788. The van der Waals surface area contributed by atoms with Crippen LogP contribution in [0.1, 0.15) is 103 Å². The van der Waals surface area contributed by atoms with Gasteiger partial charge in [-0.3, -0.25) is 4.79 Å². The molecule has 0 spiro atoms. The van der Waals surface area contributed by atoms with Crippen LogP contribution in [-0.2, 0) is 11.2 Å². The molecule has 1 aromatic rings. The number of rotatable bonds is 5. The maximum absolute atomic E-state index is 13.3. The van der Waals surface area contributed by atoms with E-state index < -0.39 is 0 Å². The third-order valence-corrected chi connectivity index (χ3v) is 12.6. The van der Waals surface area contributed by atoms with Gasteiger partial charge in [0.05, 0.1) is 12.8 Å². The van der Waals surface area contributed by atoms with E-state index in [0.717, 1.165) is 60.4 Å². The van der Waals surface area contributed by atoms with E-state index in [1.54, 1.807) is 7.11 Å². The molecule has 198 valence electrons. The molecule has 0 saturated heterocycles. The molecule has 7 unspecified atom stereocenters. The van der Waals surface area contributed by atoms with Crippen molar-refractivity contribution in [2.45, 2.75) is 104 Å². The number of anilines is 1.